The molecule has 6 heteroatoms. The highest BCUT2D eigenvalue weighted by Gasteiger charge is 2.08. The number of rotatable bonds is 1. The van der Waals surface area contributed by atoms with E-state index in [4.69, 9.17) is 4.74 Å². The largest absolute Gasteiger partial charge is 0.494 e. The van der Waals surface area contributed by atoms with E-state index in [2.05, 4.69) is 14.4 Å². The van der Waals surface area contributed by atoms with Crippen LogP contribution in [-0.2, 0) is 0 Å². The molecule has 72 valence electrons. The molecule has 0 unspecified atom stereocenters. The monoisotopic (exact) mass is 194 g/mol. The molecule has 0 atom stereocenters. The summed E-state index contributed by atoms with van der Waals surface area (Å²) in [7, 11) is 1.40. The number of hydrogen-bond acceptors (Lipinski definition) is 5. The van der Waals surface area contributed by atoms with E-state index < -0.39 is 11.4 Å². The van der Waals surface area contributed by atoms with Gasteiger partial charge >= 0.3 is 11.4 Å². The van der Waals surface area contributed by atoms with Crippen LogP contribution in [0.15, 0.2) is 26.4 Å². The number of nitrogens with zero attached hydrogens (tertiary/aromatic N) is 1. The molecule has 0 aliphatic heterocycles. The second-order valence-electron chi connectivity index (χ2n) is 2.57. The van der Waals surface area contributed by atoms with Crippen LogP contribution >= 0.6 is 0 Å². The molecule has 2 aromatic rings. The van der Waals surface area contributed by atoms with Crippen molar-refractivity contribution in [2.45, 2.75) is 0 Å². The summed E-state index contributed by atoms with van der Waals surface area (Å²) in [6.07, 6.45) is 2.73. The minimum absolute atomic E-state index is 0.183. The molecule has 0 aromatic carbocycles. The maximum atomic E-state index is 11.3. The van der Waals surface area contributed by atoms with Gasteiger partial charge in [-0.3, -0.25) is 9.97 Å². The van der Waals surface area contributed by atoms with Crippen LogP contribution < -0.4 is 16.1 Å². The van der Waals surface area contributed by atoms with Crippen LogP contribution in [0.3, 0.4) is 0 Å². The molecule has 0 spiro atoms. The second-order valence-corrected chi connectivity index (χ2v) is 2.57. The Morgan fingerprint density at radius 2 is 2.21 bits per heavy atom. The first-order chi connectivity index (χ1) is 6.72. The fourth-order valence-corrected chi connectivity index (χ4v) is 1.17. The van der Waals surface area contributed by atoms with E-state index >= 15 is 0 Å². The topological polar surface area (TPSA) is 85.2 Å². The van der Waals surface area contributed by atoms with Crippen molar-refractivity contribution in [3.63, 3.8) is 0 Å². The first-order valence-corrected chi connectivity index (χ1v) is 3.77. The van der Waals surface area contributed by atoms with Crippen molar-refractivity contribution in [1.29, 1.82) is 0 Å². The summed E-state index contributed by atoms with van der Waals surface area (Å²) in [5.41, 5.74) is -0.436. The van der Waals surface area contributed by atoms with Crippen molar-refractivity contribution in [2.75, 3.05) is 7.11 Å². The molecule has 14 heavy (non-hydrogen) atoms. The Morgan fingerprint density at radius 3 is 2.93 bits per heavy atom. The average molecular weight is 194 g/mol. The number of pyridine rings is 1. The minimum atomic E-state index is -0.808. The van der Waals surface area contributed by atoms with E-state index in [-0.39, 0.29) is 11.1 Å². The van der Waals surface area contributed by atoms with Crippen LogP contribution in [0.2, 0.25) is 0 Å². The van der Waals surface area contributed by atoms with E-state index in [1.165, 1.54) is 19.5 Å². The quantitative estimate of drug-likeness (QED) is 0.684. The van der Waals surface area contributed by atoms with Gasteiger partial charge in [-0.25, -0.2) is 9.59 Å². The van der Waals surface area contributed by atoms with Crippen LogP contribution in [0.5, 0.6) is 5.75 Å². The van der Waals surface area contributed by atoms with Crippen molar-refractivity contribution in [3.05, 3.63) is 33.4 Å². The van der Waals surface area contributed by atoms with Crippen molar-refractivity contribution < 1.29 is 9.15 Å². The lowest BCUT2D eigenvalue weighted by atomic mass is 10.3. The maximum Gasteiger partial charge on any atom is 0.419 e. The molecule has 0 aliphatic carbocycles. The zero-order valence-corrected chi connectivity index (χ0v) is 7.23. The van der Waals surface area contributed by atoms with Gasteiger partial charge in [0, 0.05) is 0 Å². The van der Waals surface area contributed by atoms with Gasteiger partial charge in [0.05, 0.1) is 25.0 Å². The number of aromatic nitrogens is 2. The lowest BCUT2D eigenvalue weighted by Crippen LogP contribution is -2.15. The molecule has 0 saturated carbocycles. The number of methoxy groups -OCH3 is 1. The molecular formula is C8H6N2O4. The molecule has 0 fully saturated rings. The Balaban J connectivity index is 3.02. The summed E-state index contributed by atoms with van der Waals surface area (Å²) >= 11 is 0. The number of fused-ring (bicyclic) bond motifs is 1. The van der Waals surface area contributed by atoms with Crippen molar-refractivity contribution >= 4 is 10.9 Å². The van der Waals surface area contributed by atoms with E-state index in [1.807, 2.05) is 0 Å². The van der Waals surface area contributed by atoms with E-state index in [0.717, 1.165) is 0 Å². The number of H-pyrrole nitrogens is 1. The van der Waals surface area contributed by atoms with Gasteiger partial charge in [0.25, 0.3) is 0 Å². The Labute approximate surface area is 77.2 Å². The molecular weight excluding hydrogens is 188 g/mol. The number of aromatic amines is 1. The lowest BCUT2D eigenvalue weighted by molar-refractivity contribution is 0.411. The van der Waals surface area contributed by atoms with Crippen LogP contribution in [0.4, 0.5) is 0 Å². The highest BCUT2D eigenvalue weighted by molar-refractivity contribution is 5.82. The Morgan fingerprint density at radius 1 is 1.43 bits per heavy atom. The molecule has 0 amide bonds. The Kier molecular flexibility index (Phi) is 1.81. The van der Waals surface area contributed by atoms with E-state index in [9.17, 15) is 9.59 Å². The average Bonchev–Trinajstić information content (AvgIpc) is 2.16. The maximum absolute atomic E-state index is 11.3. The predicted octanol–water partition coefficient (Wildman–Crippen LogP) is -0.115. The SMILES string of the molecule is COc1cncc2[nH]c(=O)oc(=O)c12. The summed E-state index contributed by atoms with van der Waals surface area (Å²) in [6.45, 7) is 0. The summed E-state index contributed by atoms with van der Waals surface area (Å²) in [6, 6.07) is 0. The summed E-state index contributed by atoms with van der Waals surface area (Å²) in [5, 5.41) is 0.183. The third kappa shape index (κ3) is 1.17. The van der Waals surface area contributed by atoms with Gasteiger partial charge in [0.1, 0.15) is 5.39 Å². The first kappa shape index (κ1) is 8.49. The van der Waals surface area contributed by atoms with Crippen LogP contribution in [0.1, 0.15) is 0 Å². The fraction of sp³-hybridized carbons (Fsp3) is 0.125. The van der Waals surface area contributed by atoms with Gasteiger partial charge in [0.2, 0.25) is 0 Å². The Hall–Kier alpha value is -2.11. The normalized spacial score (nSPS) is 10.4. The number of nitrogens with one attached hydrogen (secondary N) is 1. The number of hydrogen-bond donors (Lipinski definition) is 1. The molecule has 0 bridgehead atoms. The molecule has 2 aromatic heterocycles. The van der Waals surface area contributed by atoms with Crippen molar-refractivity contribution in [1.82, 2.24) is 9.97 Å². The summed E-state index contributed by atoms with van der Waals surface area (Å²) < 4.78 is 9.26. The molecule has 0 aliphatic rings. The fourth-order valence-electron chi connectivity index (χ4n) is 1.17. The Bertz CT molecular complexity index is 584. The molecule has 6 nitrogen and oxygen atoms in total. The van der Waals surface area contributed by atoms with Crippen molar-refractivity contribution in [2.24, 2.45) is 0 Å². The smallest absolute Gasteiger partial charge is 0.419 e. The van der Waals surface area contributed by atoms with Crippen LogP contribution in [-0.4, -0.2) is 17.1 Å². The van der Waals surface area contributed by atoms with Crippen LogP contribution in [0.25, 0.3) is 10.9 Å². The lowest BCUT2D eigenvalue weighted by Gasteiger charge is -2.00. The highest BCUT2D eigenvalue weighted by atomic mass is 16.5. The zero-order chi connectivity index (χ0) is 10.1. The summed E-state index contributed by atoms with van der Waals surface area (Å²) in [4.78, 5) is 28.2. The van der Waals surface area contributed by atoms with Gasteiger partial charge in [-0.15, -0.1) is 0 Å². The molecule has 2 rings (SSSR count). The number of ether oxygens (including phenoxy) is 1. The zero-order valence-electron chi connectivity index (χ0n) is 7.23. The third-order valence-electron chi connectivity index (χ3n) is 1.76. The second kappa shape index (κ2) is 2.99. The molecule has 0 radical (unpaired) electrons. The third-order valence-corrected chi connectivity index (χ3v) is 1.76. The van der Waals surface area contributed by atoms with Crippen molar-refractivity contribution in [3.8, 4) is 5.75 Å². The predicted molar refractivity (Wildman–Crippen MR) is 47.5 cm³/mol. The van der Waals surface area contributed by atoms with Gasteiger partial charge in [-0.05, 0) is 0 Å². The van der Waals surface area contributed by atoms with Crippen LogP contribution in [0, 0.1) is 0 Å². The van der Waals surface area contributed by atoms with Gasteiger partial charge in [-0.2, -0.15) is 0 Å². The first-order valence-electron chi connectivity index (χ1n) is 3.77. The summed E-state index contributed by atoms with van der Waals surface area (Å²) in [5.74, 6) is -0.537. The minimum Gasteiger partial charge on any atom is -0.494 e. The molecule has 2 heterocycles. The van der Waals surface area contributed by atoms with Gasteiger partial charge in [0.15, 0.2) is 5.75 Å². The van der Waals surface area contributed by atoms with Gasteiger partial charge in [-0.1, -0.05) is 0 Å². The highest BCUT2D eigenvalue weighted by Crippen LogP contribution is 2.16. The van der Waals surface area contributed by atoms with E-state index in [1.54, 1.807) is 0 Å². The molecule has 1 N–H and O–H groups in total. The standard InChI is InChI=1S/C8H6N2O4/c1-13-5-3-9-2-4-6(5)7(11)14-8(12)10-4/h2-3H,1H3,(H,10,12). The van der Waals surface area contributed by atoms with E-state index in [0.29, 0.717) is 5.52 Å². The molecule has 0 saturated heterocycles. The van der Waals surface area contributed by atoms with Gasteiger partial charge < -0.3 is 9.15 Å².